The summed E-state index contributed by atoms with van der Waals surface area (Å²) in [6, 6.07) is 2.97. The molecule has 0 bridgehead atoms. The van der Waals surface area contributed by atoms with Crippen LogP contribution in [0.4, 0.5) is 17.6 Å². The third-order valence-corrected chi connectivity index (χ3v) is 2.18. The predicted octanol–water partition coefficient (Wildman–Crippen LogP) is 3.15. The average molecular weight is 307 g/mol. The summed E-state index contributed by atoms with van der Waals surface area (Å²) in [5.74, 6) is -1.52. The van der Waals surface area contributed by atoms with Crippen LogP contribution in [0.2, 0.25) is 0 Å². The third-order valence-electron chi connectivity index (χ3n) is 2.18. The second kappa shape index (κ2) is 7.51. The van der Waals surface area contributed by atoms with Gasteiger partial charge in [0.1, 0.15) is 11.5 Å². The molecule has 0 saturated carbocycles. The van der Waals surface area contributed by atoms with Crippen molar-refractivity contribution in [2.45, 2.75) is 13.2 Å². The lowest BCUT2D eigenvalue weighted by Gasteiger charge is -2.11. The highest BCUT2D eigenvalue weighted by Gasteiger charge is 2.16. The number of carbonyl (C=O) groups is 1. The molecule has 0 aliphatic carbocycles. The van der Waals surface area contributed by atoms with Gasteiger partial charge in [-0.05, 0) is 12.1 Å². The number of ether oxygens (including phenoxy) is 2. The quantitative estimate of drug-likeness (QED) is 0.441. The Labute approximate surface area is 118 Å². The Hall–Kier alpha value is -2.25. The Morgan fingerprint density at radius 2 is 1.76 bits per heavy atom. The zero-order chi connectivity index (χ0) is 16.0. The van der Waals surface area contributed by atoms with E-state index in [2.05, 4.69) is 9.47 Å². The van der Waals surface area contributed by atoms with E-state index >= 15 is 0 Å². The first kappa shape index (κ1) is 16.8. The lowest BCUT2D eigenvalue weighted by atomic mass is 10.1. The molecule has 0 radical (unpaired) electrons. The van der Waals surface area contributed by atoms with Crippen LogP contribution >= 0.6 is 0 Å². The molecule has 0 aromatic heterocycles. The number of allylic oxidation sites excluding steroid dienone is 1. The van der Waals surface area contributed by atoms with Crippen LogP contribution in [-0.4, -0.2) is 38.0 Å². The van der Waals surface area contributed by atoms with Crippen LogP contribution in [0, 0.1) is 0 Å². The van der Waals surface area contributed by atoms with E-state index in [0.717, 1.165) is 24.3 Å². The van der Waals surface area contributed by atoms with Crippen molar-refractivity contribution in [2.75, 3.05) is 14.1 Å². The molecule has 1 rings (SSSR count). The molecule has 0 heterocycles. The summed E-state index contributed by atoms with van der Waals surface area (Å²) >= 11 is 0. The number of carbonyl (C=O) groups excluding carboxylic acids is 1. The standard InChI is InChI=1S/C13H13F4NO3/c1-18(2)6-5-10(19)9-4-3-8(20-12(14)15)7-11(9)21-13(16)17/h3-7,12-13H,1-2H3/b6-5+. The molecule has 0 unspecified atom stereocenters. The van der Waals surface area contributed by atoms with Gasteiger partial charge in [0.15, 0.2) is 5.78 Å². The first-order chi connectivity index (χ1) is 9.79. The average Bonchev–Trinajstić information content (AvgIpc) is 2.34. The molecular formula is C13H13F4NO3. The lowest BCUT2D eigenvalue weighted by molar-refractivity contribution is -0.0544. The number of alkyl halides is 4. The zero-order valence-electron chi connectivity index (χ0n) is 11.2. The van der Waals surface area contributed by atoms with E-state index in [1.165, 1.54) is 6.20 Å². The molecule has 8 heteroatoms. The Bertz CT molecular complexity index is 518. The molecule has 0 N–H and O–H groups in total. The van der Waals surface area contributed by atoms with E-state index in [4.69, 9.17) is 0 Å². The second-order valence-corrected chi connectivity index (χ2v) is 4.06. The van der Waals surface area contributed by atoms with Gasteiger partial charge in [0.2, 0.25) is 0 Å². The first-order valence-electron chi connectivity index (χ1n) is 5.72. The topological polar surface area (TPSA) is 38.8 Å². The highest BCUT2D eigenvalue weighted by atomic mass is 19.3. The van der Waals surface area contributed by atoms with Crippen LogP contribution in [-0.2, 0) is 0 Å². The van der Waals surface area contributed by atoms with Gasteiger partial charge in [-0.15, -0.1) is 0 Å². The fraction of sp³-hybridized carbons (Fsp3) is 0.308. The van der Waals surface area contributed by atoms with Crippen LogP contribution in [0.5, 0.6) is 11.5 Å². The van der Waals surface area contributed by atoms with Gasteiger partial charge in [0.25, 0.3) is 0 Å². The number of nitrogens with zero attached hydrogens (tertiary/aromatic N) is 1. The Kier molecular flexibility index (Phi) is 6.01. The SMILES string of the molecule is CN(C)/C=C/C(=O)c1ccc(OC(F)F)cc1OC(F)F. The van der Waals surface area contributed by atoms with Crippen molar-refractivity contribution in [2.24, 2.45) is 0 Å². The lowest BCUT2D eigenvalue weighted by Crippen LogP contribution is -2.09. The minimum Gasteiger partial charge on any atom is -0.435 e. The van der Waals surface area contributed by atoms with Gasteiger partial charge in [-0.25, -0.2) is 0 Å². The number of halogens is 4. The van der Waals surface area contributed by atoms with Crippen molar-refractivity contribution in [1.82, 2.24) is 4.90 Å². The molecule has 0 fully saturated rings. The number of hydrogen-bond acceptors (Lipinski definition) is 4. The molecule has 1 aromatic carbocycles. The van der Waals surface area contributed by atoms with Crippen LogP contribution < -0.4 is 9.47 Å². The smallest absolute Gasteiger partial charge is 0.387 e. The number of benzene rings is 1. The van der Waals surface area contributed by atoms with Crippen LogP contribution in [0.1, 0.15) is 10.4 Å². The van der Waals surface area contributed by atoms with Gasteiger partial charge in [-0.3, -0.25) is 4.79 Å². The van der Waals surface area contributed by atoms with Crippen molar-refractivity contribution < 1.29 is 31.8 Å². The number of hydrogen-bond donors (Lipinski definition) is 0. The first-order valence-corrected chi connectivity index (χ1v) is 5.72. The summed E-state index contributed by atoms with van der Waals surface area (Å²) in [5, 5.41) is 0. The van der Waals surface area contributed by atoms with Gasteiger partial charge in [0, 0.05) is 32.4 Å². The Balaban J connectivity index is 3.09. The molecule has 0 amide bonds. The predicted molar refractivity (Wildman–Crippen MR) is 66.9 cm³/mol. The van der Waals surface area contributed by atoms with Crippen LogP contribution in [0.15, 0.2) is 30.5 Å². The normalized spacial score (nSPS) is 11.2. The Morgan fingerprint density at radius 1 is 1.14 bits per heavy atom. The number of ketones is 1. The summed E-state index contributed by atoms with van der Waals surface area (Å²) in [6.45, 7) is -6.31. The molecule has 21 heavy (non-hydrogen) atoms. The van der Waals surface area contributed by atoms with Crippen molar-refractivity contribution >= 4 is 5.78 Å². The molecular weight excluding hydrogens is 294 g/mol. The minimum atomic E-state index is -3.20. The fourth-order valence-corrected chi connectivity index (χ4v) is 1.38. The highest BCUT2D eigenvalue weighted by molar-refractivity contribution is 6.06. The monoisotopic (exact) mass is 307 g/mol. The van der Waals surface area contributed by atoms with E-state index in [1.807, 2.05) is 0 Å². The van der Waals surface area contributed by atoms with Crippen LogP contribution in [0.25, 0.3) is 0 Å². The van der Waals surface area contributed by atoms with Crippen LogP contribution in [0.3, 0.4) is 0 Å². The molecule has 1 aromatic rings. The molecule has 116 valence electrons. The minimum absolute atomic E-state index is 0.185. The van der Waals surface area contributed by atoms with E-state index < -0.39 is 24.8 Å². The summed E-state index contributed by atoms with van der Waals surface area (Å²) < 4.78 is 57.1. The van der Waals surface area contributed by atoms with E-state index in [-0.39, 0.29) is 11.3 Å². The molecule has 0 aliphatic heterocycles. The maximum Gasteiger partial charge on any atom is 0.387 e. The maximum absolute atomic E-state index is 12.3. The second-order valence-electron chi connectivity index (χ2n) is 4.06. The van der Waals surface area contributed by atoms with Crippen molar-refractivity contribution in [3.63, 3.8) is 0 Å². The Morgan fingerprint density at radius 3 is 2.29 bits per heavy atom. The molecule has 0 saturated heterocycles. The van der Waals surface area contributed by atoms with Crippen molar-refractivity contribution in [3.8, 4) is 11.5 Å². The van der Waals surface area contributed by atoms with Crippen molar-refractivity contribution in [3.05, 3.63) is 36.0 Å². The van der Waals surface area contributed by atoms with Gasteiger partial charge in [-0.1, -0.05) is 0 Å². The molecule has 0 aliphatic rings. The van der Waals surface area contributed by atoms with Crippen molar-refractivity contribution in [1.29, 1.82) is 0 Å². The summed E-state index contributed by atoms with van der Waals surface area (Å²) in [7, 11) is 3.33. The summed E-state index contributed by atoms with van der Waals surface area (Å²) in [4.78, 5) is 13.4. The number of rotatable bonds is 7. The van der Waals surface area contributed by atoms with Gasteiger partial charge < -0.3 is 14.4 Å². The van der Waals surface area contributed by atoms with Gasteiger partial charge in [0.05, 0.1) is 5.56 Å². The highest BCUT2D eigenvalue weighted by Crippen LogP contribution is 2.28. The fourth-order valence-electron chi connectivity index (χ4n) is 1.38. The summed E-state index contributed by atoms with van der Waals surface area (Å²) in [5.41, 5.74) is -0.185. The maximum atomic E-state index is 12.3. The van der Waals surface area contributed by atoms with E-state index in [9.17, 15) is 22.4 Å². The van der Waals surface area contributed by atoms with E-state index in [1.54, 1.807) is 19.0 Å². The molecule has 4 nitrogen and oxygen atoms in total. The molecule has 0 atom stereocenters. The van der Waals surface area contributed by atoms with E-state index in [0.29, 0.717) is 0 Å². The largest absolute Gasteiger partial charge is 0.435 e. The summed E-state index contributed by atoms with van der Waals surface area (Å²) in [6.07, 6.45) is 2.55. The zero-order valence-corrected chi connectivity index (χ0v) is 11.2. The molecule has 0 spiro atoms. The van der Waals surface area contributed by atoms with Gasteiger partial charge in [-0.2, -0.15) is 17.6 Å². The van der Waals surface area contributed by atoms with Gasteiger partial charge >= 0.3 is 13.2 Å². The third kappa shape index (κ3) is 5.72.